The minimum absolute atomic E-state index is 0.0862. The van der Waals surface area contributed by atoms with Gasteiger partial charge in [-0.05, 0) is 31.8 Å². The summed E-state index contributed by atoms with van der Waals surface area (Å²) in [6, 6.07) is 6.68. The van der Waals surface area contributed by atoms with Crippen LogP contribution in [-0.2, 0) is 0 Å². The van der Waals surface area contributed by atoms with E-state index in [4.69, 9.17) is 0 Å². The number of hydrogen-bond donors (Lipinski definition) is 1. The minimum Gasteiger partial charge on any atom is -0.370 e. The molecule has 1 atom stereocenters. The molecule has 3 nitrogen and oxygen atoms in total. The van der Waals surface area contributed by atoms with Crippen molar-refractivity contribution >= 4 is 5.84 Å². The summed E-state index contributed by atoms with van der Waals surface area (Å²) < 4.78 is 12.9. The summed E-state index contributed by atoms with van der Waals surface area (Å²) in [5.41, 5.74) is 1.06. The highest BCUT2D eigenvalue weighted by Gasteiger charge is 2.22. The molecule has 0 bridgehead atoms. The molecule has 86 valence electrons. The fraction of sp³-hybridized carbons (Fsp3) is 0.417. The van der Waals surface area contributed by atoms with Crippen LogP contribution in [-0.4, -0.2) is 37.9 Å². The molecule has 0 aromatic heterocycles. The zero-order chi connectivity index (χ0) is 11.5. The molecule has 0 aliphatic carbocycles. The van der Waals surface area contributed by atoms with Crippen LogP contribution in [0.15, 0.2) is 29.3 Å². The van der Waals surface area contributed by atoms with E-state index in [2.05, 4.69) is 15.2 Å². The van der Waals surface area contributed by atoms with Gasteiger partial charge >= 0.3 is 0 Å². The average molecular weight is 221 g/mol. The van der Waals surface area contributed by atoms with Crippen molar-refractivity contribution in [3.8, 4) is 0 Å². The maximum absolute atomic E-state index is 12.9. The molecule has 0 saturated heterocycles. The molecule has 4 heteroatoms. The molecule has 1 heterocycles. The molecule has 16 heavy (non-hydrogen) atoms. The average Bonchev–Trinajstić information content (AvgIpc) is 2.74. The highest BCUT2D eigenvalue weighted by molar-refractivity contribution is 5.89. The fourth-order valence-electron chi connectivity index (χ4n) is 1.95. The summed E-state index contributed by atoms with van der Waals surface area (Å²) in [6.45, 7) is 1.71. The Morgan fingerprint density at radius 3 is 2.50 bits per heavy atom. The zero-order valence-corrected chi connectivity index (χ0v) is 9.57. The Bertz CT molecular complexity index is 384. The molecule has 1 aromatic carbocycles. The lowest BCUT2D eigenvalue weighted by Crippen LogP contribution is -2.34. The van der Waals surface area contributed by atoms with E-state index < -0.39 is 0 Å². The summed E-state index contributed by atoms with van der Waals surface area (Å²) in [4.78, 5) is 6.50. The Kier molecular flexibility index (Phi) is 3.19. The van der Waals surface area contributed by atoms with Gasteiger partial charge < -0.3 is 5.32 Å². The maximum atomic E-state index is 12.9. The maximum Gasteiger partial charge on any atom is 0.123 e. The van der Waals surface area contributed by atoms with Crippen LogP contribution in [0.1, 0.15) is 11.6 Å². The largest absolute Gasteiger partial charge is 0.370 e. The number of amidine groups is 1. The lowest BCUT2D eigenvalue weighted by atomic mass is 10.1. The number of aliphatic imine (C=N–C) groups is 1. The molecular weight excluding hydrogens is 205 g/mol. The SMILES string of the molecule is CN(C)C(C1=NCCN1)c1ccc(F)cc1. The third-order valence-corrected chi connectivity index (χ3v) is 2.66. The first kappa shape index (κ1) is 11.1. The first-order chi connectivity index (χ1) is 7.68. The number of likely N-dealkylation sites (N-methyl/N-ethyl adjacent to an activating group) is 1. The topological polar surface area (TPSA) is 27.6 Å². The van der Waals surface area contributed by atoms with Gasteiger partial charge in [0.05, 0.1) is 12.6 Å². The molecule has 1 aliphatic heterocycles. The quantitative estimate of drug-likeness (QED) is 0.836. The van der Waals surface area contributed by atoms with Crippen LogP contribution in [0.4, 0.5) is 4.39 Å². The van der Waals surface area contributed by atoms with Gasteiger partial charge in [0.15, 0.2) is 0 Å². The van der Waals surface area contributed by atoms with E-state index in [0.29, 0.717) is 0 Å². The summed E-state index contributed by atoms with van der Waals surface area (Å²) in [6.07, 6.45) is 0. The number of nitrogens with zero attached hydrogens (tertiary/aromatic N) is 2. The van der Waals surface area contributed by atoms with E-state index in [-0.39, 0.29) is 11.9 Å². The predicted octanol–water partition coefficient (Wildman–Crippen LogP) is 1.43. The third-order valence-electron chi connectivity index (χ3n) is 2.66. The second-order valence-electron chi connectivity index (χ2n) is 4.11. The summed E-state index contributed by atoms with van der Waals surface area (Å²) >= 11 is 0. The van der Waals surface area contributed by atoms with Crippen LogP contribution in [0.5, 0.6) is 0 Å². The van der Waals surface area contributed by atoms with Crippen LogP contribution in [0.3, 0.4) is 0 Å². The van der Waals surface area contributed by atoms with Crippen molar-refractivity contribution in [1.82, 2.24) is 10.2 Å². The predicted molar refractivity (Wildman–Crippen MR) is 63.1 cm³/mol. The van der Waals surface area contributed by atoms with Crippen molar-refractivity contribution in [3.63, 3.8) is 0 Å². The second-order valence-corrected chi connectivity index (χ2v) is 4.11. The second kappa shape index (κ2) is 4.61. The lowest BCUT2D eigenvalue weighted by molar-refractivity contribution is 0.365. The van der Waals surface area contributed by atoms with E-state index in [0.717, 1.165) is 24.5 Å². The van der Waals surface area contributed by atoms with Gasteiger partial charge in [-0.15, -0.1) is 0 Å². The third kappa shape index (κ3) is 2.22. The van der Waals surface area contributed by atoms with E-state index in [9.17, 15) is 4.39 Å². The van der Waals surface area contributed by atoms with Crippen LogP contribution in [0.2, 0.25) is 0 Å². The van der Waals surface area contributed by atoms with Gasteiger partial charge in [-0.1, -0.05) is 12.1 Å². The van der Waals surface area contributed by atoms with Gasteiger partial charge in [-0.2, -0.15) is 0 Å². The molecule has 0 radical (unpaired) electrons. The Morgan fingerprint density at radius 1 is 1.31 bits per heavy atom. The van der Waals surface area contributed by atoms with Gasteiger partial charge in [0.2, 0.25) is 0 Å². The molecule has 0 amide bonds. The van der Waals surface area contributed by atoms with E-state index in [1.54, 1.807) is 0 Å². The highest BCUT2D eigenvalue weighted by Crippen LogP contribution is 2.20. The molecule has 1 N–H and O–H groups in total. The zero-order valence-electron chi connectivity index (χ0n) is 9.57. The van der Waals surface area contributed by atoms with E-state index in [1.807, 2.05) is 26.2 Å². The number of rotatable bonds is 3. The van der Waals surface area contributed by atoms with Gasteiger partial charge in [-0.3, -0.25) is 9.89 Å². The summed E-state index contributed by atoms with van der Waals surface area (Å²) in [7, 11) is 3.99. The van der Waals surface area contributed by atoms with Crippen molar-refractivity contribution in [3.05, 3.63) is 35.6 Å². The van der Waals surface area contributed by atoms with Gasteiger partial charge in [-0.25, -0.2) is 4.39 Å². The fourth-order valence-corrected chi connectivity index (χ4v) is 1.95. The monoisotopic (exact) mass is 221 g/mol. The number of nitrogens with one attached hydrogen (secondary N) is 1. The van der Waals surface area contributed by atoms with Gasteiger partial charge in [0.25, 0.3) is 0 Å². The molecular formula is C12H16FN3. The van der Waals surface area contributed by atoms with Crippen LogP contribution < -0.4 is 5.32 Å². The van der Waals surface area contributed by atoms with Crippen molar-refractivity contribution in [2.75, 3.05) is 27.2 Å². The Labute approximate surface area is 95.0 Å². The van der Waals surface area contributed by atoms with Crippen LogP contribution >= 0.6 is 0 Å². The van der Waals surface area contributed by atoms with Crippen molar-refractivity contribution < 1.29 is 4.39 Å². The molecule has 1 unspecified atom stereocenters. The number of hydrogen-bond acceptors (Lipinski definition) is 3. The number of halogens is 1. The first-order valence-corrected chi connectivity index (χ1v) is 5.38. The standard InChI is InChI=1S/C12H16FN3/c1-16(2)11(12-14-7-8-15-12)9-3-5-10(13)6-4-9/h3-6,11H,7-8H2,1-2H3,(H,14,15). The van der Waals surface area contributed by atoms with E-state index >= 15 is 0 Å². The Hall–Kier alpha value is -1.42. The molecule has 0 fully saturated rings. The Morgan fingerprint density at radius 2 is 2.00 bits per heavy atom. The van der Waals surface area contributed by atoms with Gasteiger partial charge in [0.1, 0.15) is 11.7 Å². The lowest BCUT2D eigenvalue weighted by Gasteiger charge is -2.25. The highest BCUT2D eigenvalue weighted by atomic mass is 19.1. The first-order valence-electron chi connectivity index (χ1n) is 5.38. The van der Waals surface area contributed by atoms with Crippen molar-refractivity contribution in [2.45, 2.75) is 6.04 Å². The minimum atomic E-state index is -0.206. The van der Waals surface area contributed by atoms with E-state index in [1.165, 1.54) is 12.1 Å². The van der Waals surface area contributed by atoms with Crippen LogP contribution in [0.25, 0.3) is 0 Å². The normalized spacial score (nSPS) is 17.1. The Balaban J connectivity index is 2.28. The molecule has 0 saturated carbocycles. The van der Waals surface area contributed by atoms with Crippen LogP contribution in [0, 0.1) is 5.82 Å². The van der Waals surface area contributed by atoms with Crippen molar-refractivity contribution in [2.24, 2.45) is 4.99 Å². The van der Waals surface area contributed by atoms with Crippen molar-refractivity contribution in [1.29, 1.82) is 0 Å². The molecule has 2 rings (SSSR count). The summed E-state index contributed by atoms with van der Waals surface area (Å²) in [5, 5.41) is 3.27. The smallest absolute Gasteiger partial charge is 0.123 e. The molecule has 1 aliphatic rings. The molecule has 0 spiro atoms. The number of benzene rings is 1. The summed E-state index contributed by atoms with van der Waals surface area (Å²) in [5.74, 6) is 0.763. The van der Waals surface area contributed by atoms with Gasteiger partial charge in [0, 0.05) is 6.54 Å². The molecule has 1 aromatic rings.